The van der Waals surface area contributed by atoms with Crippen LogP contribution < -0.4 is 15.1 Å². The van der Waals surface area contributed by atoms with Gasteiger partial charge in [-0.05, 0) is 43.3 Å². The lowest BCUT2D eigenvalue weighted by atomic mass is 10.2. The van der Waals surface area contributed by atoms with E-state index in [1.807, 2.05) is 0 Å². The number of carbonyl (C=O) groups is 1. The molecule has 0 bridgehead atoms. The Labute approximate surface area is 169 Å². The number of nitrogens with zero attached hydrogens (tertiary/aromatic N) is 2. The average molecular weight is 423 g/mol. The summed E-state index contributed by atoms with van der Waals surface area (Å²) in [6, 6.07) is 7.22. The third kappa shape index (κ3) is 4.25. The van der Waals surface area contributed by atoms with Crippen molar-refractivity contribution >= 4 is 27.1 Å². The molecule has 1 heterocycles. The van der Waals surface area contributed by atoms with Gasteiger partial charge in [0.25, 0.3) is 0 Å². The van der Waals surface area contributed by atoms with Crippen LogP contribution in [0.2, 0.25) is 0 Å². The molecular formula is C20H23F2N3O3S. The van der Waals surface area contributed by atoms with Crippen molar-refractivity contribution in [1.82, 2.24) is 5.32 Å². The SMILES string of the molecule is CCN(C(C)=O)c1cc(N2CCNCC2)ccc1S(=O)(=O)c1ccc(F)c(F)c1. The Bertz CT molecular complexity index is 1020. The maximum atomic E-state index is 13.7. The number of hydrogen-bond acceptors (Lipinski definition) is 5. The van der Waals surface area contributed by atoms with Gasteiger partial charge in [-0.15, -0.1) is 0 Å². The minimum Gasteiger partial charge on any atom is -0.369 e. The van der Waals surface area contributed by atoms with Crippen LogP contribution in [0.3, 0.4) is 0 Å². The van der Waals surface area contributed by atoms with Gasteiger partial charge in [-0.25, -0.2) is 17.2 Å². The highest BCUT2D eigenvalue weighted by Gasteiger charge is 2.27. The zero-order chi connectivity index (χ0) is 21.2. The van der Waals surface area contributed by atoms with Crippen LogP contribution in [0.4, 0.5) is 20.2 Å². The predicted molar refractivity (Wildman–Crippen MR) is 107 cm³/mol. The molecular weight excluding hydrogens is 400 g/mol. The molecule has 1 aliphatic heterocycles. The fraction of sp³-hybridized carbons (Fsp3) is 0.350. The van der Waals surface area contributed by atoms with Crippen LogP contribution in [0.15, 0.2) is 46.2 Å². The summed E-state index contributed by atoms with van der Waals surface area (Å²) in [7, 11) is -4.18. The van der Waals surface area contributed by atoms with Crippen LogP contribution in [-0.2, 0) is 14.6 Å². The molecule has 6 nitrogen and oxygen atoms in total. The van der Waals surface area contributed by atoms with Crippen LogP contribution in [0.5, 0.6) is 0 Å². The summed E-state index contributed by atoms with van der Waals surface area (Å²) in [5, 5.41) is 3.25. The smallest absolute Gasteiger partial charge is 0.223 e. The van der Waals surface area contributed by atoms with Crippen molar-refractivity contribution < 1.29 is 22.0 Å². The highest BCUT2D eigenvalue weighted by atomic mass is 32.2. The number of anilines is 2. The quantitative estimate of drug-likeness (QED) is 0.749. The van der Waals surface area contributed by atoms with Gasteiger partial charge in [-0.1, -0.05) is 0 Å². The standard InChI is InChI=1S/C20H23F2N3O3S/c1-3-25(14(2)26)19-12-15(24-10-8-23-9-11-24)4-7-20(19)29(27,28)16-5-6-17(21)18(22)13-16/h4-7,12-13,23H,3,8-11H2,1-2H3. The molecule has 0 aliphatic carbocycles. The number of carbonyl (C=O) groups excluding carboxylic acids is 1. The monoisotopic (exact) mass is 423 g/mol. The molecule has 0 atom stereocenters. The van der Waals surface area contributed by atoms with Gasteiger partial charge in [-0.2, -0.15) is 0 Å². The van der Waals surface area contributed by atoms with Gasteiger partial charge < -0.3 is 15.1 Å². The third-order valence-electron chi connectivity index (χ3n) is 4.90. The molecule has 0 aromatic heterocycles. The van der Waals surface area contributed by atoms with Gasteiger partial charge >= 0.3 is 0 Å². The van der Waals surface area contributed by atoms with E-state index in [2.05, 4.69) is 10.2 Å². The van der Waals surface area contributed by atoms with E-state index in [0.717, 1.165) is 44.0 Å². The summed E-state index contributed by atoms with van der Waals surface area (Å²) in [5.74, 6) is -2.69. The number of nitrogens with one attached hydrogen (secondary N) is 1. The van der Waals surface area contributed by atoms with E-state index < -0.39 is 21.5 Å². The second-order valence-corrected chi connectivity index (χ2v) is 8.65. The van der Waals surface area contributed by atoms with E-state index in [1.54, 1.807) is 19.1 Å². The summed E-state index contributed by atoms with van der Waals surface area (Å²) in [4.78, 5) is 15.1. The third-order valence-corrected chi connectivity index (χ3v) is 6.70. The summed E-state index contributed by atoms with van der Waals surface area (Å²) in [6.45, 7) is 6.47. The predicted octanol–water partition coefficient (Wildman–Crippen LogP) is 2.58. The Balaban J connectivity index is 2.15. The molecule has 0 unspecified atom stereocenters. The van der Waals surface area contributed by atoms with E-state index in [1.165, 1.54) is 17.9 Å². The highest BCUT2D eigenvalue weighted by Crippen LogP contribution is 2.34. The molecule has 0 radical (unpaired) electrons. The van der Waals surface area contributed by atoms with Crippen molar-refractivity contribution in [2.24, 2.45) is 0 Å². The van der Waals surface area contributed by atoms with Crippen molar-refractivity contribution in [3.8, 4) is 0 Å². The molecule has 9 heteroatoms. The molecule has 1 saturated heterocycles. The molecule has 1 fully saturated rings. The van der Waals surface area contributed by atoms with Gasteiger partial charge in [0.1, 0.15) is 0 Å². The number of benzene rings is 2. The zero-order valence-electron chi connectivity index (χ0n) is 16.3. The van der Waals surface area contributed by atoms with Gasteiger partial charge in [0.05, 0.1) is 15.5 Å². The fourth-order valence-electron chi connectivity index (χ4n) is 3.40. The van der Waals surface area contributed by atoms with Crippen LogP contribution in [0.25, 0.3) is 0 Å². The lowest BCUT2D eigenvalue weighted by molar-refractivity contribution is -0.116. The second kappa shape index (κ2) is 8.46. The molecule has 3 rings (SSSR count). The number of piperazine rings is 1. The van der Waals surface area contributed by atoms with E-state index in [-0.39, 0.29) is 27.9 Å². The molecule has 29 heavy (non-hydrogen) atoms. The summed E-state index contributed by atoms with van der Waals surface area (Å²) < 4.78 is 53.3. The van der Waals surface area contributed by atoms with Crippen molar-refractivity contribution in [2.45, 2.75) is 23.6 Å². The molecule has 0 saturated carbocycles. The minimum atomic E-state index is -4.18. The molecule has 156 valence electrons. The van der Waals surface area contributed by atoms with Gasteiger partial charge in [0.2, 0.25) is 15.7 Å². The minimum absolute atomic E-state index is 0.126. The topological polar surface area (TPSA) is 69.7 Å². The Kier molecular flexibility index (Phi) is 6.18. The van der Waals surface area contributed by atoms with Crippen LogP contribution in [-0.4, -0.2) is 47.0 Å². The van der Waals surface area contributed by atoms with Crippen molar-refractivity contribution in [3.63, 3.8) is 0 Å². The maximum absolute atomic E-state index is 13.7. The van der Waals surface area contributed by atoms with Crippen molar-refractivity contribution in [2.75, 3.05) is 42.5 Å². The average Bonchev–Trinajstić information content (AvgIpc) is 2.70. The summed E-state index contributed by atoms with van der Waals surface area (Å²) in [5.41, 5.74) is 1.02. The summed E-state index contributed by atoms with van der Waals surface area (Å²) >= 11 is 0. The van der Waals surface area contributed by atoms with Crippen LogP contribution in [0.1, 0.15) is 13.8 Å². The number of halogens is 2. The first-order valence-electron chi connectivity index (χ1n) is 9.33. The van der Waals surface area contributed by atoms with Gasteiger partial charge in [-0.3, -0.25) is 4.79 Å². The highest BCUT2D eigenvalue weighted by molar-refractivity contribution is 7.91. The maximum Gasteiger partial charge on any atom is 0.223 e. The first-order valence-corrected chi connectivity index (χ1v) is 10.8. The van der Waals surface area contributed by atoms with E-state index in [4.69, 9.17) is 0 Å². The lowest BCUT2D eigenvalue weighted by Gasteiger charge is -2.31. The second-order valence-electron chi connectivity index (χ2n) is 6.73. The first-order chi connectivity index (χ1) is 13.8. The Morgan fingerprint density at radius 1 is 1.10 bits per heavy atom. The molecule has 0 spiro atoms. The fourth-order valence-corrected chi connectivity index (χ4v) is 4.85. The van der Waals surface area contributed by atoms with E-state index in [0.29, 0.717) is 6.07 Å². The van der Waals surface area contributed by atoms with E-state index in [9.17, 15) is 22.0 Å². The number of amides is 1. The van der Waals surface area contributed by atoms with Crippen LogP contribution >= 0.6 is 0 Å². The van der Waals surface area contributed by atoms with Crippen molar-refractivity contribution in [3.05, 3.63) is 48.0 Å². The molecule has 1 amide bonds. The first kappa shape index (κ1) is 21.2. The zero-order valence-corrected chi connectivity index (χ0v) is 17.1. The number of sulfone groups is 1. The Morgan fingerprint density at radius 2 is 1.79 bits per heavy atom. The Morgan fingerprint density at radius 3 is 2.38 bits per heavy atom. The lowest BCUT2D eigenvalue weighted by Crippen LogP contribution is -2.43. The van der Waals surface area contributed by atoms with Crippen molar-refractivity contribution in [1.29, 1.82) is 0 Å². The van der Waals surface area contributed by atoms with Gasteiger partial charge in [0.15, 0.2) is 11.6 Å². The molecule has 1 aliphatic rings. The van der Waals surface area contributed by atoms with E-state index >= 15 is 0 Å². The number of hydrogen-bond donors (Lipinski definition) is 1. The molecule has 1 N–H and O–H groups in total. The normalized spacial score (nSPS) is 14.7. The van der Waals surface area contributed by atoms with Crippen LogP contribution in [0, 0.1) is 11.6 Å². The largest absolute Gasteiger partial charge is 0.369 e. The van der Waals surface area contributed by atoms with Gasteiger partial charge in [0, 0.05) is 45.3 Å². The molecule has 2 aromatic carbocycles. The Hall–Kier alpha value is -2.52. The summed E-state index contributed by atoms with van der Waals surface area (Å²) in [6.07, 6.45) is 0. The number of rotatable bonds is 5. The molecule has 2 aromatic rings.